The van der Waals surface area contributed by atoms with Crippen molar-refractivity contribution in [2.45, 2.75) is 31.3 Å². The van der Waals surface area contributed by atoms with Gasteiger partial charge < -0.3 is 34.9 Å². The monoisotopic (exact) mass is 563 g/mol. The number of esters is 1. The molecule has 1 heterocycles. The maximum atomic E-state index is 13.1. The average Bonchev–Trinajstić information content (AvgIpc) is 3.47. The van der Waals surface area contributed by atoms with Crippen LogP contribution in [0.15, 0.2) is 66.3 Å². The number of nitrogens with zero attached hydrogens (tertiary/aromatic N) is 1. The van der Waals surface area contributed by atoms with Crippen LogP contribution < -0.4 is 10.6 Å². The number of hydrogen-bond donors (Lipinski definition) is 3. The number of nitrogens with one attached hydrogen (secondary N) is 2. The average molecular weight is 564 g/mol. The van der Waals surface area contributed by atoms with Gasteiger partial charge in [-0.1, -0.05) is 24.3 Å². The molecule has 0 unspecified atom stereocenters. The van der Waals surface area contributed by atoms with Gasteiger partial charge in [-0.05, 0) is 47.5 Å². The predicted molar refractivity (Wildman–Crippen MR) is 148 cm³/mol. The molecule has 3 atom stereocenters. The van der Waals surface area contributed by atoms with Crippen LogP contribution in [0.3, 0.4) is 0 Å². The van der Waals surface area contributed by atoms with Crippen LogP contribution in [-0.2, 0) is 30.3 Å². The summed E-state index contributed by atoms with van der Waals surface area (Å²) in [5.74, 6) is -1.44. The molecule has 2 aromatic carbocycles. The first-order chi connectivity index (χ1) is 19.7. The minimum absolute atomic E-state index is 0.0140. The van der Waals surface area contributed by atoms with Gasteiger partial charge >= 0.3 is 5.97 Å². The smallest absolute Gasteiger partial charge is 0.338 e. The van der Waals surface area contributed by atoms with Crippen molar-refractivity contribution < 1.29 is 38.5 Å². The summed E-state index contributed by atoms with van der Waals surface area (Å²) >= 11 is 0. The Morgan fingerprint density at radius 2 is 1.80 bits per heavy atom. The van der Waals surface area contributed by atoms with E-state index in [2.05, 4.69) is 10.6 Å². The number of rotatable bonds is 10. The summed E-state index contributed by atoms with van der Waals surface area (Å²) in [7, 11) is 3.30. The summed E-state index contributed by atoms with van der Waals surface area (Å²) < 4.78 is 17.1. The maximum absolute atomic E-state index is 13.1. The predicted octanol–water partition coefficient (Wildman–Crippen LogP) is 1.42. The number of hydrogen-bond acceptors (Lipinski definition) is 8. The lowest BCUT2D eigenvalue weighted by molar-refractivity contribution is -0.123. The van der Waals surface area contributed by atoms with Crippen molar-refractivity contribution >= 4 is 29.8 Å². The highest BCUT2D eigenvalue weighted by molar-refractivity contribution is 5.95. The summed E-state index contributed by atoms with van der Waals surface area (Å²) in [4.78, 5) is 51.6. The van der Waals surface area contributed by atoms with Gasteiger partial charge in [-0.2, -0.15) is 0 Å². The number of likely N-dealkylation sites (N-methyl/N-ethyl adjacent to an activating group) is 1. The first-order valence-electron chi connectivity index (χ1n) is 13.2. The maximum Gasteiger partial charge on any atom is 0.338 e. The van der Waals surface area contributed by atoms with E-state index in [0.29, 0.717) is 27.8 Å². The first-order valence-corrected chi connectivity index (χ1v) is 13.2. The molecule has 2 aliphatic rings. The zero-order chi connectivity index (χ0) is 29.4. The lowest BCUT2D eigenvalue weighted by Gasteiger charge is -2.30. The summed E-state index contributed by atoms with van der Waals surface area (Å²) in [5.41, 5.74) is 2.48. The summed E-state index contributed by atoms with van der Waals surface area (Å²) in [6.07, 6.45) is 2.99. The fourth-order valence-corrected chi connectivity index (χ4v) is 4.41. The second kappa shape index (κ2) is 13.8. The summed E-state index contributed by atoms with van der Waals surface area (Å²) in [6.45, 7) is 0.171. The molecule has 41 heavy (non-hydrogen) atoms. The van der Waals surface area contributed by atoms with Gasteiger partial charge in [-0.25, -0.2) is 4.79 Å². The largest absolute Gasteiger partial charge is 0.456 e. The molecule has 11 nitrogen and oxygen atoms in total. The standard InChI is InChI=1S/C30H33N3O8/c1-33(2)26(35)10-9-19-5-3-8-22(13-19)30(38)41-25-16-23(15-24-27(25)40-18-39-24)29(37)32-17-20-6-4-7-21(14-20)28(36)31-11-12-34/h3-10,13-15,24-25,27,34H,11-12,16-18H2,1-2H3,(H,31,36)(H,32,37)/t24-,25-,27-/m1/s1. The number of fused-ring (bicyclic) bond motifs is 1. The van der Waals surface area contributed by atoms with Gasteiger partial charge in [0.1, 0.15) is 25.1 Å². The van der Waals surface area contributed by atoms with Crippen LogP contribution >= 0.6 is 0 Å². The molecule has 3 N–H and O–H groups in total. The van der Waals surface area contributed by atoms with Gasteiger partial charge in [0.15, 0.2) is 0 Å². The van der Waals surface area contributed by atoms with Crippen molar-refractivity contribution in [3.63, 3.8) is 0 Å². The topological polar surface area (TPSA) is 144 Å². The molecule has 0 spiro atoms. The number of amides is 3. The second-order valence-electron chi connectivity index (χ2n) is 9.77. The van der Waals surface area contributed by atoms with Crippen molar-refractivity contribution in [2.75, 3.05) is 34.0 Å². The molecule has 1 aliphatic carbocycles. The van der Waals surface area contributed by atoms with Crippen LogP contribution in [0.5, 0.6) is 0 Å². The number of aliphatic hydroxyl groups is 1. The Labute approximate surface area is 237 Å². The third-order valence-electron chi connectivity index (χ3n) is 6.57. The van der Waals surface area contributed by atoms with E-state index in [1.165, 1.54) is 11.0 Å². The van der Waals surface area contributed by atoms with Gasteiger partial charge in [0.2, 0.25) is 11.8 Å². The quantitative estimate of drug-likeness (QED) is 0.291. The summed E-state index contributed by atoms with van der Waals surface area (Å²) in [6, 6.07) is 13.5. The lowest BCUT2D eigenvalue weighted by atomic mass is 9.91. The van der Waals surface area contributed by atoms with E-state index >= 15 is 0 Å². The molecule has 0 saturated carbocycles. The lowest BCUT2D eigenvalue weighted by Crippen LogP contribution is -2.43. The van der Waals surface area contributed by atoms with Crippen LogP contribution in [-0.4, -0.2) is 86.0 Å². The molecule has 2 aromatic rings. The normalized spacial score (nSPS) is 19.7. The number of ether oxygens (including phenoxy) is 3. The molecule has 0 aromatic heterocycles. The Hall–Kier alpha value is -4.32. The van der Waals surface area contributed by atoms with Gasteiger partial charge in [0, 0.05) is 50.8 Å². The molecule has 4 rings (SSSR count). The molecule has 11 heteroatoms. The van der Waals surface area contributed by atoms with Crippen LogP contribution in [0.2, 0.25) is 0 Å². The molecule has 216 valence electrons. The highest BCUT2D eigenvalue weighted by Gasteiger charge is 2.42. The Kier molecular flexibility index (Phi) is 10.0. The highest BCUT2D eigenvalue weighted by Crippen LogP contribution is 2.31. The van der Waals surface area contributed by atoms with E-state index in [4.69, 9.17) is 19.3 Å². The minimum atomic E-state index is -0.756. The second-order valence-corrected chi connectivity index (χ2v) is 9.77. The van der Waals surface area contributed by atoms with Gasteiger partial charge in [0.25, 0.3) is 5.91 Å². The van der Waals surface area contributed by atoms with Crippen LogP contribution in [0.25, 0.3) is 6.08 Å². The third-order valence-corrected chi connectivity index (χ3v) is 6.57. The first kappa shape index (κ1) is 29.7. The zero-order valence-corrected chi connectivity index (χ0v) is 22.9. The summed E-state index contributed by atoms with van der Waals surface area (Å²) in [5, 5.41) is 14.3. The van der Waals surface area contributed by atoms with Crippen LogP contribution in [0.1, 0.15) is 38.3 Å². The van der Waals surface area contributed by atoms with Crippen LogP contribution in [0, 0.1) is 0 Å². The van der Waals surface area contributed by atoms with Gasteiger partial charge in [0.05, 0.1) is 12.2 Å². The van der Waals surface area contributed by atoms with E-state index in [9.17, 15) is 19.2 Å². The Balaban J connectivity index is 1.39. The molecule has 1 fully saturated rings. The molecule has 1 aliphatic heterocycles. The van der Waals surface area contributed by atoms with E-state index in [1.807, 2.05) is 0 Å². The molecule has 0 bridgehead atoms. The number of aliphatic hydroxyl groups excluding tert-OH is 1. The van der Waals surface area contributed by atoms with Crippen molar-refractivity contribution in [1.29, 1.82) is 0 Å². The Bertz CT molecular complexity index is 1350. The van der Waals surface area contributed by atoms with E-state index in [1.54, 1.807) is 74.8 Å². The molecular weight excluding hydrogens is 530 g/mol. The third kappa shape index (κ3) is 7.88. The van der Waals surface area contributed by atoms with Crippen molar-refractivity contribution in [2.24, 2.45) is 0 Å². The zero-order valence-electron chi connectivity index (χ0n) is 22.9. The Morgan fingerprint density at radius 3 is 2.59 bits per heavy atom. The van der Waals surface area contributed by atoms with Crippen molar-refractivity contribution in [1.82, 2.24) is 15.5 Å². The van der Waals surface area contributed by atoms with Crippen molar-refractivity contribution in [3.8, 4) is 0 Å². The number of benzene rings is 2. The van der Waals surface area contributed by atoms with Gasteiger partial charge in [-0.3, -0.25) is 14.4 Å². The molecule has 0 radical (unpaired) electrons. The van der Waals surface area contributed by atoms with Crippen molar-refractivity contribution in [3.05, 3.63) is 88.5 Å². The highest BCUT2D eigenvalue weighted by atomic mass is 16.7. The molecular formula is C30H33N3O8. The van der Waals surface area contributed by atoms with E-state index < -0.39 is 24.3 Å². The van der Waals surface area contributed by atoms with Crippen LogP contribution in [0.4, 0.5) is 0 Å². The SMILES string of the molecule is CN(C)C(=O)C=Cc1cccc(C(=O)O[C@@H]2CC(C(=O)NCc3cccc(C(=O)NCCO)c3)=C[C@H]3OCO[C@H]32)c1. The molecule has 3 amide bonds. The molecule has 1 saturated heterocycles. The fraction of sp³-hybridized carbons (Fsp3) is 0.333. The number of carbonyl (C=O) groups excluding carboxylic acids is 4. The fourth-order valence-electron chi connectivity index (χ4n) is 4.41. The number of carbonyl (C=O) groups is 4. The Morgan fingerprint density at radius 1 is 1.02 bits per heavy atom. The van der Waals surface area contributed by atoms with E-state index in [-0.39, 0.29) is 50.6 Å². The minimum Gasteiger partial charge on any atom is -0.456 e. The van der Waals surface area contributed by atoms with Gasteiger partial charge in [-0.15, -0.1) is 0 Å². The van der Waals surface area contributed by atoms with E-state index in [0.717, 1.165) is 0 Å².